The Morgan fingerprint density at radius 1 is 1.40 bits per heavy atom. The normalized spacial score (nSPS) is 13.7. The van der Waals surface area contributed by atoms with Gasteiger partial charge in [-0.1, -0.05) is 6.07 Å². The average molecular weight is 211 g/mol. The van der Waals surface area contributed by atoms with E-state index in [9.17, 15) is 8.78 Å². The third-order valence-electron chi connectivity index (χ3n) is 2.41. The molecule has 0 saturated carbocycles. The van der Waals surface area contributed by atoms with Gasteiger partial charge in [0, 0.05) is 7.05 Å². The first-order valence-electron chi connectivity index (χ1n) is 4.54. The topological polar surface area (TPSA) is 43.8 Å². The molecule has 2 rings (SSSR count). The molecule has 15 heavy (non-hydrogen) atoms. The van der Waals surface area contributed by atoms with E-state index in [4.69, 9.17) is 5.73 Å². The van der Waals surface area contributed by atoms with Gasteiger partial charge in [0.2, 0.25) is 0 Å². The van der Waals surface area contributed by atoms with E-state index in [2.05, 4.69) is 4.98 Å². The number of aryl methyl sites for hydroxylation is 1. The molecule has 1 atom stereocenters. The Morgan fingerprint density at radius 2 is 2.13 bits per heavy atom. The fourth-order valence-electron chi connectivity index (χ4n) is 1.51. The summed E-state index contributed by atoms with van der Waals surface area (Å²) in [5.74, 6) is 0. The fourth-order valence-corrected chi connectivity index (χ4v) is 1.51. The van der Waals surface area contributed by atoms with Crippen molar-refractivity contribution in [3.05, 3.63) is 30.1 Å². The molecule has 2 N–H and O–H groups in total. The third kappa shape index (κ3) is 1.70. The lowest BCUT2D eigenvalue weighted by atomic mass is 10.1. The van der Waals surface area contributed by atoms with Crippen molar-refractivity contribution in [1.29, 1.82) is 0 Å². The van der Waals surface area contributed by atoms with Gasteiger partial charge in [-0.2, -0.15) is 0 Å². The molecule has 2 aromatic rings. The zero-order valence-electron chi connectivity index (χ0n) is 8.19. The minimum atomic E-state index is -2.55. The van der Waals surface area contributed by atoms with Crippen molar-refractivity contribution in [2.24, 2.45) is 12.8 Å². The lowest BCUT2D eigenvalue weighted by molar-refractivity contribution is 0.116. The Bertz CT molecular complexity index is 478. The minimum Gasteiger partial charge on any atom is -0.334 e. The van der Waals surface area contributed by atoms with Crippen molar-refractivity contribution in [3.8, 4) is 0 Å². The van der Waals surface area contributed by atoms with Crippen LogP contribution in [0.3, 0.4) is 0 Å². The number of nitrogens with zero attached hydrogens (tertiary/aromatic N) is 2. The van der Waals surface area contributed by atoms with Gasteiger partial charge in [0.05, 0.1) is 23.4 Å². The Morgan fingerprint density at radius 3 is 2.80 bits per heavy atom. The highest BCUT2D eigenvalue weighted by atomic mass is 19.3. The van der Waals surface area contributed by atoms with Crippen molar-refractivity contribution < 1.29 is 8.78 Å². The van der Waals surface area contributed by atoms with Gasteiger partial charge in [-0.15, -0.1) is 0 Å². The Hall–Kier alpha value is -1.49. The maximum absolute atomic E-state index is 12.4. The van der Waals surface area contributed by atoms with Crippen LogP contribution >= 0.6 is 0 Å². The highest BCUT2D eigenvalue weighted by molar-refractivity contribution is 5.76. The predicted molar refractivity (Wildman–Crippen MR) is 53.6 cm³/mol. The van der Waals surface area contributed by atoms with Crippen LogP contribution in [0.2, 0.25) is 0 Å². The standard InChI is InChI=1S/C10H11F2N3/c1-15-5-14-7-4-6(2-3-8(7)15)9(13)10(11)12/h2-5,9-10H,13H2,1H3. The second-order valence-electron chi connectivity index (χ2n) is 3.46. The summed E-state index contributed by atoms with van der Waals surface area (Å²) in [5, 5.41) is 0. The summed E-state index contributed by atoms with van der Waals surface area (Å²) in [6.45, 7) is 0. The molecule has 0 fully saturated rings. The van der Waals surface area contributed by atoms with Crippen molar-refractivity contribution in [3.63, 3.8) is 0 Å². The highest BCUT2D eigenvalue weighted by Gasteiger charge is 2.17. The van der Waals surface area contributed by atoms with Crippen LogP contribution in [0.25, 0.3) is 11.0 Å². The largest absolute Gasteiger partial charge is 0.334 e. The number of benzene rings is 1. The lowest BCUT2D eigenvalue weighted by Gasteiger charge is -2.10. The van der Waals surface area contributed by atoms with Gasteiger partial charge in [-0.05, 0) is 17.7 Å². The average Bonchev–Trinajstić information content (AvgIpc) is 2.59. The summed E-state index contributed by atoms with van der Waals surface area (Å²) in [6.07, 6.45) is -0.909. The number of hydrogen-bond acceptors (Lipinski definition) is 2. The van der Waals surface area contributed by atoms with Crippen molar-refractivity contribution in [2.45, 2.75) is 12.5 Å². The highest BCUT2D eigenvalue weighted by Crippen LogP contribution is 2.21. The molecule has 1 aromatic heterocycles. The maximum atomic E-state index is 12.4. The molecule has 0 aliphatic heterocycles. The summed E-state index contributed by atoms with van der Waals surface area (Å²) >= 11 is 0. The first kappa shape index (κ1) is 10.0. The smallest absolute Gasteiger partial charge is 0.257 e. The van der Waals surface area contributed by atoms with Crippen molar-refractivity contribution in [1.82, 2.24) is 9.55 Å². The monoisotopic (exact) mass is 211 g/mol. The van der Waals surface area contributed by atoms with Crippen LogP contribution in [0.4, 0.5) is 8.78 Å². The number of halogens is 2. The van der Waals surface area contributed by atoms with Crippen LogP contribution in [0.5, 0.6) is 0 Å². The van der Waals surface area contributed by atoms with Crippen LogP contribution in [0.1, 0.15) is 11.6 Å². The van der Waals surface area contributed by atoms with Crippen molar-refractivity contribution in [2.75, 3.05) is 0 Å². The fraction of sp³-hybridized carbons (Fsp3) is 0.300. The Labute approximate surface area is 85.5 Å². The van der Waals surface area contributed by atoms with E-state index < -0.39 is 12.5 Å². The quantitative estimate of drug-likeness (QED) is 0.823. The molecule has 0 amide bonds. The number of imidazole rings is 1. The molecule has 0 spiro atoms. The second-order valence-corrected chi connectivity index (χ2v) is 3.46. The number of aromatic nitrogens is 2. The molecule has 3 nitrogen and oxygen atoms in total. The van der Waals surface area contributed by atoms with Crippen LogP contribution in [-0.2, 0) is 7.05 Å². The third-order valence-corrected chi connectivity index (χ3v) is 2.41. The van der Waals surface area contributed by atoms with Crippen LogP contribution < -0.4 is 5.73 Å². The SMILES string of the molecule is Cn1cnc2cc(C(N)C(F)F)ccc21. The van der Waals surface area contributed by atoms with E-state index in [1.54, 1.807) is 24.5 Å². The molecule has 0 aliphatic carbocycles. The molecule has 5 heteroatoms. The molecule has 1 unspecified atom stereocenters. The molecule has 1 aromatic carbocycles. The van der Waals surface area contributed by atoms with Crippen molar-refractivity contribution >= 4 is 11.0 Å². The summed E-state index contributed by atoms with van der Waals surface area (Å²) < 4.78 is 26.6. The van der Waals surface area contributed by atoms with Gasteiger partial charge in [-0.3, -0.25) is 0 Å². The molecule has 0 radical (unpaired) electrons. The van der Waals surface area contributed by atoms with Crippen LogP contribution in [0, 0.1) is 0 Å². The number of hydrogen-bond donors (Lipinski definition) is 1. The lowest BCUT2D eigenvalue weighted by Crippen LogP contribution is -2.18. The summed E-state index contributed by atoms with van der Waals surface area (Å²) in [7, 11) is 1.85. The van der Waals surface area contributed by atoms with E-state index >= 15 is 0 Å². The summed E-state index contributed by atoms with van der Waals surface area (Å²) in [4.78, 5) is 4.08. The van der Waals surface area contributed by atoms with Gasteiger partial charge >= 0.3 is 0 Å². The van der Waals surface area contributed by atoms with Crippen LogP contribution in [-0.4, -0.2) is 16.0 Å². The minimum absolute atomic E-state index is 0.413. The molecular formula is C10H11F2N3. The van der Waals surface area contributed by atoms with Gasteiger partial charge < -0.3 is 10.3 Å². The van der Waals surface area contributed by atoms with E-state index in [-0.39, 0.29) is 0 Å². The van der Waals surface area contributed by atoms with Gasteiger partial charge in [0.1, 0.15) is 0 Å². The van der Waals surface area contributed by atoms with E-state index in [1.807, 2.05) is 11.6 Å². The molecule has 1 heterocycles. The first-order chi connectivity index (χ1) is 7.09. The zero-order valence-corrected chi connectivity index (χ0v) is 8.19. The Balaban J connectivity index is 2.47. The molecule has 0 saturated heterocycles. The molecule has 80 valence electrons. The number of fused-ring (bicyclic) bond motifs is 1. The molecule has 0 aliphatic rings. The number of nitrogens with two attached hydrogens (primary N) is 1. The van der Waals surface area contributed by atoms with E-state index in [1.165, 1.54) is 0 Å². The van der Waals surface area contributed by atoms with Gasteiger partial charge in [0.25, 0.3) is 6.43 Å². The van der Waals surface area contributed by atoms with E-state index in [0.717, 1.165) is 5.52 Å². The second kappa shape index (κ2) is 3.58. The van der Waals surface area contributed by atoms with Gasteiger partial charge in [0.15, 0.2) is 0 Å². The van der Waals surface area contributed by atoms with Crippen LogP contribution in [0.15, 0.2) is 24.5 Å². The van der Waals surface area contributed by atoms with E-state index in [0.29, 0.717) is 11.1 Å². The number of alkyl halides is 2. The van der Waals surface area contributed by atoms with Gasteiger partial charge in [-0.25, -0.2) is 13.8 Å². The number of rotatable bonds is 2. The molecule has 0 bridgehead atoms. The first-order valence-corrected chi connectivity index (χ1v) is 4.54. The molecular weight excluding hydrogens is 200 g/mol. The summed E-state index contributed by atoms with van der Waals surface area (Å²) in [5.41, 5.74) is 7.35. The Kier molecular flexibility index (Phi) is 2.40. The maximum Gasteiger partial charge on any atom is 0.257 e. The summed E-state index contributed by atoms with van der Waals surface area (Å²) in [6, 6.07) is 3.73. The predicted octanol–water partition coefficient (Wildman–Crippen LogP) is 1.84. The zero-order chi connectivity index (χ0) is 11.0.